The van der Waals surface area contributed by atoms with Gasteiger partial charge in [0.1, 0.15) is 11.9 Å². The lowest BCUT2D eigenvalue weighted by Gasteiger charge is -2.40. The highest BCUT2D eigenvalue weighted by Crippen LogP contribution is 2.42. The number of aliphatic carboxylic acids is 1. The lowest BCUT2D eigenvalue weighted by Crippen LogP contribution is -2.50. The summed E-state index contributed by atoms with van der Waals surface area (Å²) in [5.41, 5.74) is 1.26. The number of hydrogen-bond acceptors (Lipinski definition) is 9. The molecule has 214 valence electrons. The van der Waals surface area contributed by atoms with Crippen molar-refractivity contribution in [1.82, 2.24) is 14.6 Å². The first kappa shape index (κ1) is 28.8. The molecule has 2 aliphatic heterocycles. The lowest BCUT2D eigenvalue weighted by molar-refractivity contribution is -0.144. The number of hydrogen-bond donors (Lipinski definition) is 2. The number of benzene rings is 1. The number of esters is 1. The van der Waals surface area contributed by atoms with Crippen molar-refractivity contribution in [3.05, 3.63) is 61.9 Å². The van der Waals surface area contributed by atoms with E-state index in [1.165, 1.54) is 21.7 Å². The van der Waals surface area contributed by atoms with Crippen LogP contribution in [0.3, 0.4) is 0 Å². The Balaban J connectivity index is 1.48. The number of amidine groups is 1. The Morgan fingerprint density at radius 3 is 2.62 bits per heavy atom. The predicted octanol–water partition coefficient (Wildman–Crippen LogP) is 3.86. The average Bonchev–Trinajstić information content (AvgIpc) is 3.44. The maximum Gasteiger partial charge on any atom is 0.338 e. The number of rotatable bonds is 8. The monoisotopic (exact) mass is 654 g/mol. The van der Waals surface area contributed by atoms with Crippen LogP contribution in [-0.4, -0.2) is 65.5 Å². The number of nitrogens with one attached hydrogen (secondary N) is 1. The molecule has 3 heterocycles. The molecule has 2 aromatic rings. The smallest absolute Gasteiger partial charge is 0.338 e. The van der Waals surface area contributed by atoms with E-state index in [1.807, 2.05) is 0 Å². The molecule has 1 saturated carbocycles. The van der Waals surface area contributed by atoms with E-state index >= 15 is 0 Å². The number of allylic oxidation sites excluding steroid dienone is 1. The molecule has 3 aliphatic rings. The van der Waals surface area contributed by atoms with Crippen molar-refractivity contribution in [1.29, 1.82) is 0 Å². The first-order chi connectivity index (χ1) is 19.1. The number of carbonyl (C=O) groups excluding carboxylic acids is 1. The summed E-state index contributed by atoms with van der Waals surface area (Å²) in [4.78, 5) is 33.7. The van der Waals surface area contributed by atoms with E-state index in [9.17, 15) is 22.4 Å². The van der Waals surface area contributed by atoms with E-state index in [1.54, 1.807) is 30.6 Å². The fourth-order valence-electron chi connectivity index (χ4n) is 5.35. The van der Waals surface area contributed by atoms with Gasteiger partial charge in [-0.15, -0.1) is 11.3 Å². The van der Waals surface area contributed by atoms with E-state index in [0.717, 1.165) is 0 Å². The Morgan fingerprint density at radius 2 is 2.00 bits per heavy atom. The molecule has 2 N–H and O–H groups in total. The summed E-state index contributed by atoms with van der Waals surface area (Å²) in [6, 6.07) is 3.67. The highest BCUT2D eigenvalue weighted by molar-refractivity contribution is 9.10. The van der Waals surface area contributed by atoms with Gasteiger partial charge in [0, 0.05) is 36.3 Å². The standard InChI is InChI=1S/C26H28BrFN4O6S2/c1-2-38-26(35)19-21(14-6-9-32(10-7-14)40(36,37)16-12-15(13-16)25(33)34)30-23(24-29-8-11-39-24)31-22(19)17-4-3-5-18(28)20(17)27/h3-5,8,11,14-16,22H,2,6-7,9-10,12-13H2,1H3,(H,30,31)(H,33,34)/t15-,16-,22?. The number of carboxylic acid groups (broad SMARTS) is 1. The SMILES string of the molecule is CCOC(=O)C1=C(C2CCN(S(=O)(=O)[C@H]3C[C@H](C(=O)O)C3)CC2)NC(c2nccs2)=NC1c1cccc(F)c1Br. The normalized spacial score (nSPS) is 24.2. The van der Waals surface area contributed by atoms with Crippen LogP contribution < -0.4 is 5.32 Å². The molecule has 0 bridgehead atoms. The van der Waals surface area contributed by atoms with Gasteiger partial charge in [0.05, 0.1) is 27.8 Å². The molecule has 1 aromatic heterocycles. The van der Waals surface area contributed by atoms with E-state index < -0.39 is 45.0 Å². The number of carbonyl (C=O) groups is 2. The van der Waals surface area contributed by atoms with Crippen LogP contribution in [0, 0.1) is 17.7 Å². The van der Waals surface area contributed by atoms with E-state index in [-0.39, 0.29) is 48.5 Å². The minimum absolute atomic E-state index is 0.120. The molecule has 40 heavy (non-hydrogen) atoms. The second-order valence-electron chi connectivity index (χ2n) is 9.88. The number of aliphatic imine (C=N–C) groups is 1. The van der Waals surface area contributed by atoms with Crippen LogP contribution in [0.2, 0.25) is 0 Å². The van der Waals surface area contributed by atoms with Crippen LogP contribution in [0.1, 0.15) is 49.2 Å². The lowest BCUT2D eigenvalue weighted by atomic mass is 9.85. The van der Waals surface area contributed by atoms with Crippen molar-refractivity contribution in [2.75, 3.05) is 19.7 Å². The van der Waals surface area contributed by atoms with E-state index in [0.29, 0.717) is 34.9 Å². The number of carboxylic acids is 1. The summed E-state index contributed by atoms with van der Waals surface area (Å²) >= 11 is 4.68. The summed E-state index contributed by atoms with van der Waals surface area (Å²) in [5.74, 6) is -2.47. The topological polar surface area (TPSA) is 138 Å². The van der Waals surface area contributed by atoms with Crippen molar-refractivity contribution in [2.45, 2.75) is 43.9 Å². The van der Waals surface area contributed by atoms with Crippen molar-refractivity contribution in [2.24, 2.45) is 16.8 Å². The van der Waals surface area contributed by atoms with Gasteiger partial charge in [-0.25, -0.2) is 26.9 Å². The van der Waals surface area contributed by atoms with Gasteiger partial charge in [0.15, 0.2) is 10.8 Å². The van der Waals surface area contributed by atoms with Gasteiger partial charge in [0.2, 0.25) is 10.0 Å². The van der Waals surface area contributed by atoms with Gasteiger partial charge < -0.3 is 15.2 Å². The van der Waals surface area contributed by atoms with Crippen LogP contribution in [0.4, 0.5) is 4.39 Å². The zero-order valence-electron chi connectivity index (χ0n) is 21.5. The van der Waals surface area contributed by atoms with Crippen molar-refractivity contribution in [3.63, 3.8) is 0 Å². The maximum absolute atomic E-state index is 14.6. The molecule has 10 nitrogen and oxygen atoms in total. The summed E-state index contributed by atoms with van der Waals surface area (Å²) in [5, 5.41) is 14.2. The van der Waals surface area contributed by atoms with Crippen LogP contribution in [-0.2, 0) is 24.3 Å². The Kier molecular flexibility index (Phi) is 8.41. The quantitative estimate of drug-likeness (QED) is 0.409. The molecule has 2 fully saturated rings. The Labute approximate surface area is 243 Å². The third-order valence-electron chi connectivity index (χ3n) is 7.57. The third kappa shape index (κ3) is 5.46. The molecule has 14 heteroatoms. The number of thiazole rings is 1. The Morgan fingerprint density at radius 1 is 1.27 bits per heavy atom. The second kappa shape index (κ2) is 11.7. The summed E-state index contributed by atoms with van der Waals surface area (Å²) in [7, 11) is -3.63. The Hall–Kier alpha value is -2.68. The number of nitrogens with zero attached hydrogens (tertiary/aromatic N) is 3. The van der Waals surface area contributed by atoms with E-state index in [2.05, 4.69) is 26.2 Å². The van der Waals surface area contributed by atoms with Gasteiger partial charge >= 0.3 is 11.9 Å². The van der Waals surface area contributed by atoms with Crippen LogP contribution in [0.5, 0.6) is 0 Å². The summed E-state index contributed by atoms with van der Waals surface area (Å²) < 4.78 is 48.0. The molecular weight excluding hydrogens is 627 g/mol. The largest absolute Gasteiger partial charge is 0.481 e. The molecule has 0 radical (unpaired) electrons. The highest BCUT2D eigenvalue weighted by Gasteiger charge is 2.46. The van der Waals surface area contributed by atoms with Crippen molar-refractivity contribution >= 4 is 55.1 Å². The highest BCUT2D eigenvalue weighted by atomic mass is 79.9. The number of sulfonamides is 1. The molecular formula is C26H28BrFN4O6S2. The zero-order chi connectivity index (χ0) is 28.6. The van der Waals surface area contributed by atoms with Crippen LogP contribution >= 0.6 is 27.3 Å². The first-order valence-electron chi connectivity index (χ1n) is 12.9. The number of halogens is 2. The Bertz CT molecular complexity index is 1470. The van der Waals surface area contributed by atoms with E-state index in [4.69, 9.17) is 14.8 Å². The zero-order valence-corrected chi connectivity index (χ0v) is 24.8. The number of ether oxygens (including phenoxy) is 1. The first-order valence-corrected chi connectivity index (χ1v) is 16.1. The van der Waals surface area contributed by atoms with Crippen LogP contribution in [0.15, 0.2) is 50.5 Å². The molecule has 0 spiro atoms. The molecule has 1 unspecified atom stereocenters. The van der Waals surface area contributed by atoms with Gasteiger partial charge in [-0.05, 0) is 60.2 Å². The third-order valence-corrected chi connectivity index (χ3v) is 11.5. The minimum atomic E-state index is -3.63. The molecule has 0 amide bonds. The van der Waals surface area contributed by atoms with Gasteiger partial charge in [-0.1, -0.05) is 12.1 Å². The fraction of sp³-hybridized carbons (Fsp3) is 0.462. The van der Waals surface area contributed by atoms with Crippen molar-refractivity contribution in [3.8, 4) is 0 Å². The number of aromatic nitrogens is 1. The fourth-order valence-corrected chi connectivity index (χ4v) is 8.51. The maximum atomic E-state index is 14.6. The molecule has 1 saturated heterocycles. The van der Waals surface area contributed by atoms with Crippen LogP contribution in [0.25, 0.3) is 0 Å². The van der Waals surface area contributed by atoms with Gasteiger partial charge in [-0.3, -0.25) is 9.79 Å². The summed E-state index contributed by atoms with van der Waals surface area (Å²) in [6.07, 6.45) is 2.72. The second-order valence-corrected chi connectivity index (χ2v) is 13.8. The van der Waals surface area contributed by atoms with Gasteiger partial charge in [0.25, 0.3) is 0 Å². The average molecular weight is 656 g/mol. The minimum Gasteiger partial charge on any atom is -0.481 e. The van der Waals surface area contributed by atoms with Crippen molar-refractivity contribution < 1.29 is 32.2 Å². The molecule has 5 rings (SSSR count). The van der Waals surface area contributed by atoms with Gasteiger partial charge in [-0.2, -0.15) is 0 Å². The molecule has 1 aromatic carbocycles. The number of piperidine rings is 1. The predicted molar refractivity (Wildman–Crippen MR) is 150 cm³/mol. The summed E-state index contributed by atoms with van der Waals surface area (Å²) in [6.45, 7) is 2.27. The molecule has 1 aliphatic carbocycles. The molecule has 1 atom stereocenters.